The summed E-state index contributed by atoms with van der Waals surface area (Å²) in [5.41, 5.74) is 1.14. The second-order valence-corrected chi connectivity index (χ2v) is 7.84. The average molecular weight is 360 g/mol. The Morgan fingerprint density at radius 3 is 2.33 bits per heavy atom. The van der Waals surface area contributed by atoms with E-state index in [4.69, 9.17) is 11.6 Å². The van der Waals surface area contributed by atoms with Gasteiger partial charge >= 0.3 is 0 Å². The summed E-state index contributed by atoms with van der Waals surface area (Å²) in [7, 11) is -3.48. The molecule has 0 aliphatic carbocycles. The Morgan fingerprint density at radius 2 is 1.58 bits per heavy atom. The van der Waals surface area contributed by atoms with E-state index in [1.807, 2.05) is 54.6 Å². The van der Waals surface area contributed by atoms with Gasteiger partial charge in [-0.2, -0.15) is 0 Å². The first-order valence-electron chi connectivity index (χ1n) is 7.77. The van der Waals surface area contributed by atoms with Gasteiger partial charge in [0.2, 0.25) is 10.0 Å². The Labute approximate surface area is 147 Å². The molecular weight excluding hydrogens is 342 g/mol. The Balaban J connectivity index is 1.61. The van der Waals surface area contributed by atoms with Crippen molar-refractivity contribution in [1.82, 2.24) is 4.72 Å². The molecule has 0 fully saturated rings. The van der Waals surface area contributed by atoms with Gasteiger partial charge in [0.25, 0.3) is 0 Å². The van der Waals surface area contributed by atoms with Crippen LogP contribution in [0, 0.1) is 0 Å². The summed E-state index contributed by atoms with van der Waals surface area (Å²) >= 11 is 5.85. The van der Waals surface area contributed by atoms with Gasteiger partial charge in [0, 0.05) is 11.6 Å². The predicted molar refractivity (Wildman–Crippen MR) is 98.9 cm³/mol. The Hall–Kier alpha value is -1.88. The third-order valence-corrected chi connectivity index (χ3v) is 5.59. The molecular formula is C19H18ClNO2S. The van der Waals surface area contributed by atoms with E-state index in [0.717, 1.165) is 29.2 Å². The number of hydrogen-bond donors (Lipinski definition) is 1. The SMILES string of the molecule is O=S(=O)(NCCCc1ccc(Cl)cc1)c1ccc2ccccc2c1. The number of fused-ring (bicyclic) bond motifs is 1. The van der Waals surface area contributed by atoms with Crippen LogP contribution in [0.4, 0.5) is 0 Å². The zero-order valence-electron chi connectivity index (χ0n) is 13.1. The van der Waals surface area contributed by atoms with Crippen molar-refractivity contribution in [2.45, 2.75) is 17.7 Å². The van der Waals surface area contributed by atoms with E-state index in [2.05, 4.69) is 4.72 Å². The maximum atomic E-state index is 12.4. The van der Waals surface area contributed by atoms with Crippen LogP contribution >= 0.6 is 11.6 Å². The number of hydrogen-bond acceptors (Lipinski definition) is 2. The fourth-order valence-corrected chi connectivity index (χ4v) is 3.80. The highest BCUT2D eigenvalue weighted by Crippen LogP contribution is 2.19. The Kier molecular flexibility index (Phi) is 5.19. The van der Waals surface area contributed by atoms with Crippen LogP contribution in [-0.4, -0.2) is 15.0 Å². The minimum atomic E-state index is -3.48. The van der Waals surface area contributed by atoms with Crippen molar-refractivity contribution in [1.29, 1.82) is 0 Å². The monoisotopic (exact) mass is 359 g/mol. The standard InChI is InChI=1S/C19H18ClNO2S/c20-18-10-7-15(8-11-18)4-3-13-21-24(22,23)19-12-9-16-5-1-2-6-17(16)14-19/h1-2,5-12,14,21H,3-4,13H2. The maximum absolute atomic E-state index is 12.4. The summed E-state index contributed by atoms with van der Waals surface area (Å²) in [6, 6.07) is 20.5. The van der Waals surface area contributed by atoms with Gasteiger partial charge in [-0.3, -0.25) is 0 Å². The quantitative estimate of drug-likeness (QED) is 0.663. The summed E-state index contributed by atoms with van der Waals surface area (Å²) in [5.74, 6) is 0. The van der Waals surface area contributed by atoms with E-state index < -0.39 is 10.0 Å². The van der Waals surface area contributed by atoms with Gasteiger partial charge in [0.05, 0.1) is 4.90 Å². The number of rotatable bonds is 6. The molecule has 3 aromatic carbocycles. The molecule has 0 aliphatic heterocycles. The third-order valence-electron chi connectivity index (χ3n) is 3.88. The normalized spacial score (nSPS) is 11.7. The molecule has 0 spiro atoms. The molecule has 1 N–H and O–H groups in total. The maximum Gasteiger partial charge on any atom is 0.240 e. The lowest BCUT2D eigenvalue weighted by Gasteiger charge is -2.08. The van der Waals surface area contributed by atoms with E-state index >= 15 is 0 Å². The van der Waals surface area contributed by atoms with Crippen LogP contribution in [0.3, 0.4) is 0 Å². The highest BCUT2D eigenvalue weighted by molar-refractivity contribution is 7.89. The van der Waals surface area contributed by atoms with Gasteiger partial charge in [-0.1, -0.05) is 54.1 Å². The summed E-state index contributed by atoms with van der Waals surface area (Å²) in [5, 5.41) is 2.65. The Bertz CT molecular complexity index is 937. The molecule has 0 unspecified atom stereocenters. The molecule has 0 bridgehead atoms. The van der Waals surface area contributed by atoms with E-state index in [-0.39, 0.29) is 0 Å². The summed E-state index contributed by atoms with van der Waals surface area (Å²) in [6.07, 6.45) is 1.53. The fourth-order valence-electron chi connectivity index (χ4n) is 2.57. The molecule has 3 nitrogen and oxygen atoms in total. The fraction of sp³-hybridized carbons (Fsp3) is 0.158. The lowest BCUT2D eigenvalue weighted by molar-refractivity contribution is 0.579. The van der Waals surface area contributed by atoms with Crippen molar-refractivity contribution >= 4 is 32.4 Å². The van der Waals surface area contributed by atoms with Crippen LogP contribution in [-0.2, 0) is 16.4 Å². The summed E-state index contributed by atoms with van der Waals surface area (Å²) < 4.78 is 27.5. The first-order chi connectivity index (χ1) is 11.5. The van der Waals surface area contributed by atoms with E-state index in [1.165, 1.54) is 0 Å². The van der Waals surface area contributed by atoms with Gasteiger partial charge in [-0.05, 0) is 53.4 Å². The average Bonchev–Trinajstić information content (AvgIpc) is 2.60. The lowest BCUT2D eigenvalue weighted by atomic mass is 10.1. The van der Waals surface area contributed by atoms with Crippen LogP contribution in [0.15, 0.2) is 71.6 Å². The molecule has 0 radical (unpaired) electrons. The number of sulfonamides is 1. The number of halogens is 1. The first kappa shape index (κ1) is 17.0. The van der Waals surface area contributed by atoms with Crippen molar-refractivity contribution in [3.05, 3.63) is 77.3 Å². The van der Waals surface area contributed by atoms with Gasteiger partial charge in [0.15, 0.2) is 0 Å². The minimum absolute atomic E-state index is 0.299. The zero-order chi connectivity index (χ0) is 17.0. The van der Waals surface area contributed by atoms with Crippen LogP contribution in [0.25, 0.3) is 10.8 Å². The Morgan fingerprint density at radius 1 is 0.875 bits per heavy atom. The van der Waals surface area contributed by atoms with E-state index in [9.17, 15) is 8.42 Å². The van der Waals surface area contributed by atoms with Gasteiger partial charge in [0.1, 0.15) is 0 Å². The van der Waals surface area contributed by atoms with Gasteiger partial charge in [-0.15, -0.1) is 0 Å². The minimum Gasteiger partial charge on any atom is -0.211 e. The molecule has 0 aliphatic rings. The molecule has 0 saturated carbocycles. The molecule has 0 amide bonds. The molecule has 24 heavy (non-hydrogen) atoms. The largest absolute Gasteiger partial charge is 0.240 e. The van der Waals surface area contributed by atoms with Crippen LogP contribution in [0.1, 0.15) is 12.0 Å². The van der Waals surface area contributed by atoms with Crippen LogP contribution in [0.5, 0.6) is 0 Å². The highest BCUT2D eigenvalue weighted by Gasteiger charge is 2.13. The molecule has 124 valence electrons. The van der Waals surface area contributed by atoms with Gasteiger partial charge < -0.3 is 0 Å². The molecule has 0 atom stereocenters. The smallest absolute Gasteiger partial charge is 0.211 e. The van der Waals surface area contributed by atoms with E-state index in [1.54, 1.807) is 12.1 Å². The number of nitrogens with one attached hydrogen (secondary N) is 1. The highest BCUT2D eigenvalue weighted by atomic mass is 35.5. The second kappa shape index (κ2) is 7.34. The second-order valence-electron chi connectivity index (χ2n) is 5.64. The topological polar surface area (TPSA) is 46.2 Å². The van der Waals surface area contributed by atoms with Crippen molar-refractivity contribution < 1.29 is 8.42 Å². The van der Waals surface area contributed by atoms with Crippen molar-refractivity contribution in [3.8, 4) is 0 Å². The molecule has 3 aromatic rings. The van der Waals surface area contributed by atoms with Crippen molar-refractivity contribution in [2.75, 3.05) is 6.54 Å². The van der Waals surface area contributed by atoms with Crippen LogP contribution < -0.4 is 4.72 Å². The lowest BCUT2D eigenvalue weighted by Crippen LogP contribution is -2.25. The summed E-state index contributed by atoms with van der Waals surface area (Å²) in [6.45, 7) is 0.401. The number of benzene rings is 3. The third kappa shape index (κ3) is 4.15. The predicted octanol–water partition coefficient (Wildman–Crippen LogP) is 4.40. The molecule has 0 aromatic heterocycles. The molecule has 0 saturated heterocycles. The number of aryl methyl sites for hydroxylation is 1. The van der Waals surface area contributed by atoms with Gasteiger partial charge in [-0.25, -0.2) is 13.1 Å². The zero-order valence-corrected chi connectivity index (χ0v) is 14.6. The van der Waals surface area contributed by atoms with Crippen molar-refractivity contribution in [3.63, 3.8) is 0 Å². The van der Waals surface area contributed by atoms with Crippen molar-refractivity contribution in [2.24, 2.45) is 0 Å². The molecule has 5 heteroatoms. The molecule has 3 rings (SSSR count). The van der Waals surface area contributed by atoms with E-state index in [0.29, 0.717) is 16.5 Å². The molecule has 0 heterocycles. The summed E-state index contributed by atoms with van der Waals surface area (Å²) in [4.78, 5) is 0.299. The first-order valence-corrected chi connectivity index (χ1v) is 9.64. The van der Waals surface area contributed by atoms with Crippen LogP contribution in [0.2, 0.25) is 5.02 Å².